The van der Waals surface area contributed by atoms with Crippen LogP contribution in [0, 0.1) is 23.0 Å². The number of unbranched alkanes of at least 4 members (excludes halogenated alkanes) is 3. The molecule has 2 aliphatic carbocycles. The lowest BCUT2D eigenvalue weighted by Crippen LogP contribution is -2.31. The second-order valence-electron chi connectivity index (χ2n) is 10.4. The first kappa shape index (κ1) is 23.7. The summed E-state index contributed by atoms with van der Waals surface area (Å²) in [6, 6.07) is 3.86. The summed E-state index contributed by atoms with van der Waals surface area (Å²) < 4.78 is 26.8. The Morgan fingerprint density at radius 2 is 1.53 bits per heavy atom. The first-order valence-corrected chi connectivity index (χ1v) is 12.6. The molecule has 1 nitrogen and oxygen atoms in total. The largest absolute Gasteiger partial charge is 0.385 e. The molecule has 1 aromatic rings. The van der Waals surface area contributed by atoms with Crippen LogP contribution in [0.1, 0.15) is 122 Å². The summed E-state index contributed by atoms with van der Waals surface area (Å²) in [5.74, 6) is -1.04. The van der Waals surface area contributed by atoms with Crippen molar-refractivity contribution in [3.8, 4) is 0 Å². The number of rotatable bonds is 10. The van der Waals surface area contributed by atoms with Crippen molar-refractivity contribution in [3.05, 3.63) is 35.4 Å². The van der Waals surface area contributed by atoms with Crippen molar-refractivity contribution in [1.82, 2.24) is 0 Å². The SMILES string of the molecule is CCCCCC1(CCCCC2CCC(O)(c3ccc(F)c(F)c3)CC2)CCCCC1. The van der Waals surface area contributed by atoms with Gasteiger partial charge in [-0.25, -0.2) is 8.78 Å². The van der Waals surface area contributed by atoms with Crippen molar-refractivity contribution < 1.29 is 13.9 Å². The normalized spacial score (nSPS) is 26.6. The average Bonchev–Trinajstić information content (AvgIpc) is 2.75. The molecule has 0 spiro atoms. The lowest BCUT2D eigenvalue weighted by molar-refractivity contribution is -0.0158. The van der Waals surface area contributed by atoms with Crippen molar-refractivity contribution in [2.75, 3.05) is 0 Å². The number of halogens is 2. The van der Waals surface area contributed by atoms with Crippen LogP contribution in [0.2, 0.25) is 0 Å². The molecule has 3 heteroatoms. The number of benzene rings is 1. The minimum atomic E-state index is -0.990. The zero-order valence-electron chi connectivity index (χ0n) is 19.0. The monoisotopic (exact) mass is 420 g/mol. The van der Waals surface area contributed by atoms with E-state index in [0.29, 0.717) is 29.7 Å². The van der Waals surface area contributed by atoms with Crippen LogP contribution in [0.5, 0.6) is 0 Å². The van der Waals surface area contributed by atoms with Gasteiger partial charge < -0.3 is 5.11 Å². The molecule has 0 radical (unpaired) electrons. The van der Waals surface area contributed by atoms with Crippen LogP contribution in [-0.2, 0) is 5.60 Å². The summed E-state index contributed by atoms with van der Waals surface area (Å²) in [5.41, 5.74) is 0.176. The predicted octanol–water partition coefficient (Wildman–Crippen LogP) is 8.43. The minimum Gasteiger partial charge on any atom is -0.385 e. The molecule has 2 saturated carbocycles. The zero-order valence-corrected chi connectivity index (χ0v) is 19.0. The van der Waals surface area contributed by atoms with E-state index in [2.05, 4.69) is 6.92 Å². The molecule has 0 aromatic heterocycles. The van der Waals surface area contributed by atoms with Crippen molar-refractivity contribution in [2.24, 2.45) is 11.3 Å². The summed E-state index contributed by atoms with van der Waals surface area (Å²) in [6.07, 6.45) is 21.3. The molecule has 0 bridgehead atoms. The molecule has 0 atom stereocenters. The van der Waals surface area contributed by atoms with Gasteiger partial charge >= 0.3 is 0 Å². The molecule has 1 N–H and O–H groups in total. The fraction of sp³-hybridized carbons (Fsp3) is 0.778. The quantitative estimate of drug-likeness (QED) is 0.377. The molecule has 2 fully saturated rings. The van der Waals surface area contributed by atoms with Gasteiger partial charge in [0.15, 0.2) is 11.6 Å². The molecular formula is C27H42F2O. The Morgan fingerprint density at radius 1 is 0.867 bits per heavy atom. The van der Waals surface area contributed by atoms with Gasteiger partial charge in [-0.2, -0.15) is 0 Å². The van der Waals surface area contributed by atoms with Crippen LogP contribution >= 0.6 is 0 Å². The number of aliphatic hydroxyl groups is 1. The highest BCUT2D eigenvalue weighted by Gasteiger charge is 2.35. The zero-order chi connectivity index (χ0) is 21.5. The molecule has 0 heterocycles. The Labute approximate surface area is 182 Å². The van der Waals surface area contributed by atoms with Crippen LogP contribution in [0.25, 0.3) is 0 Å². The number of hydrogen-bond donors (Lipinski definition) is 1. The summed E-state index contributed by atoms with van der Waals surface area (Å²) in [4.78, 5) is 0. The van der Waals surface area contributed by atoms with Crippen LogP contribution < -0.4 is 0 Å². The summed E-state index contributed by atoms with van der Waals surface area (Å²) in [7, 11) is 0. The van der Waals surface area contributed by atoms with Crippen molar-refractivity contribution >= 4 is 0 Å². The molecule has 3 rings (SSSR count). The minimum absolute atomic E-state index is 0.533. The van der Waals surface area contributed by atoms with E-state index in [1.54, 1.807) is 6.07 Å². The molecule has 0 unspecified atom stereocenters. The fourth-order valence-electron chi connectivity index (χ4n) is 6.13. The Bertz CT molecular complexity index is 642. The standard InChI is InChI=1S/C27H42F2O/c1-2-3-6-15-26(16-7-4-8-17-26)18-9-5-10-22-13-19-27(30,20-14-22)23-11-12-24(28)25(29)21-23/h11-12,21-22,30H,2-10,13-20H2,1H3. The maximum absolute atomic E-state index is 13.6. The summed E-state index contributed by atoms with van der Waals surface area (Å²) >= 11 is 0. The van der Waals surface area contributed by atoms with E-state index in [1.165, 1.54) is 89.5 Å². The summed E-state index contributed by atoms with van der Waals surface area (Å²) in [5, 5.41) is 11.0. The Morgan fingerprint density at radius 3 is 2.17 bits per heavy atom. The third-order valence-electron chi connectivity index (χ3n) is 8.18. The highest BCUT2D eigenvalue weighted by Crippen LogP contribution is 2.45. The maximum Gasteiger partial charge on any atom is 0.159 e. The van der Waals surface area contributed by atoms with E-state index >= 15 is 0 Å². The van der Waals surface area contributed by atoms with Gasteiger partial charge in [-0.05, 0) is 80.4 Å². The molecule has 1 aromatic carbocycles. The van der Waals surface area contributed by atoms with Crippen molar-refractivity contribution in [1.29, 1.82) is 0 Å². The average molecular weight is 421 g/mol. The van der Waals surface area contributed by atoms with E-state index in [9.17, 15) is 13.9 Å². The fourth-order valence-corrected chi connectivity index (χ4v) is 6.13. The molecule has 0 amide bonds. The van der Waals surface area contributed by atoms with Gasteiger partial charge in [0.1, 0.15) is 0 Å². The van der Waals surface area contributed by atoms with Gasteiger partial charge in [-0.3, -0.25) is 0 Å². The van der Waals surface area contributed by atoms with E-state index in [0.717, 1.165) is 18.9 Å². The smallest absolute Gasteiger partial charge is 0.159 e. The molecule has 0 saturated heterocycles. The van der Waals surface area contributed by atoms with Gasteiger partial charge in [0.2, 0.25) is 0 Å². The van der Waals surface area contributed by atoms with Crippen LogP contribution in [-0.4, -0.2) is 5.11 Å². The van der Waals surface area contributed by atoms with Crippen LogP contribution in [0.15, 0.2) is 18.2 Å². The first-order valence-electron chi connectivity index (χ1n) is 12.6. The lowest BCUT2D eigenvalue weighted by Gasteiger charge is -2.38. The Kier molecular flexibility index (Phi) is 8.74. The van der Waals surface area contributed by atoms with Crippen molar-refractivity contribution in [3.63, 3.8) is 0 Å². The molecule has 0 aliphatic heterocycles. The van der Waals surface area contributed by atoms with E-state index in [1.807, 2.05) is 0 Å². The van der Waals surface area contributed by atoms with Crippen LogP contribution in [0.3, 0.4) is 0 Å². The molecule has 2 aliphatic rings. The van der Waals surface area contributed by atoms with Crippen LogP contribution in [0.4, 0.5) is 8.78 Å². The topological polar surface area (TPSA) is 20.2 Å². The van der Waals surface area contributed by atoms with E-state index in [4.69, 9.17) is 0 Å². The highest BCUT2D eigenvalue weighted by molar-refractivity contribution is 5.24. The van der Waals surface area contributed by atoms with Gasteiger partial charge in [-0.1, -0.05) is 70.8 Å². The third-order valence-corrected chi connectivity index (χ3v) is 8.18. The Balaban J connectivity index is 1.41. The van der Waals surface area contributed by atoms with E-state index < -0.39 is 17.2 Å². The second-order valence-corrected chi connectivity index (χ2v) is 10.4. The number of hydrogen-bond acceptors (Lipinski definition) is 1. The highest BCUT2D eigenvalue weighted by atomic mass is 19.2. The van der Waals surface area contributed by atoms with Gasteiger partial charge in [0, 0.05) is 0 Å². The maximum atomic E-state index is 13.6. The first-order chi connectivity index (χ1) is 14.5. The third kappa shape index (κ3) is 6.28. The Hall–Kier alpha value is -0.960. The summed E-state index contributed by atoms with van der Waals surface area (Å²) in [6.45, 7) is 2.30. The van der Waals surface area contributed by atoms with Gasteiger partial charge in [0.05, 0.1) is 5.60 Å². The lowest BCUT2D eigenvalue weighted by atomic mass is 9.67. The second kappa shape index (κ2) is 11.1. The van der Waals surface area contributed by atoms with Gasteiger partial charge in [-0.15, -0.1) is 0 Å². The molecule has 170 valence electrons. The van der Waals surface area contributed by atoms with Crippen molar-refractivity contribution in [2.45, 2.75) is 122 Å². The van der Waals surface area contributed by atoms with Gasteiger partial charge in [0.25, 0.3) is 0 Å². The molecular weight excluding hydrogens is 378 g/mol. The predicted molar refractivity (Wildman–Crippen MR) is 120 cm³/mol. The van der Waals surface area contributed by atoms with E-state index in [-0.39, 0.29) is 0 Å². The molecule has 30 heavy (non-hydrogen) atoms.